The highest BCUT2D eigenvalue weighted by Gasteiger charge is 2.41. The van der Waals surface area contributed by atoms with Crippen LogP contribution in [0, 0.1) is 24.6 Å². The fourth-order valence-electron chi connectivity index (χ4n) is 5.13. The van der Waals surface area contributed by atoms with Crippen LogP contribution in [0.3, 0.4) is 0 Å². The van der Waals surface area contributed by atoms with E-state index in [9.17, 15) is 14.0 Å². The van der Waals surface area contributed by atoms with E-state index in [1.54, 1.807) is 12.1 Å². The number of rotatable bonds is 6. The summed E-state index contributed by atoms with van der Waals surface area (Å²) in [4.78, 5) is 31.3. The number of fused-ring (bicyclic) bond motifs is 2. The average Bonchev–Trinajstić information content (AvgIpc) is 3.04. The standard InChI is InChI=1S/C24H29FN2O2/c1-3-19-15(2)26-21-13-17-10-12-27(14-20(17)24(29)23(19)21)11-4-5-22(28)16-6-8-18(25)9-7-16/h6-9,17,20,26H,3-5,10-14H2,1-2H3/t17-,20+/m0/s1. The first-order chi connectivity index (χ1) is 14.0. The third kappa shape index (κ3) is 3.93. The maximum atomic E-state index is 13.3. The van der Waals surface area contributed by atoms with Gasteiger partial charge in [-0.05, 0) is 81.4 Å². The molecule has 0 saturated carbocycles. The Labute approximate surface area is 171 Å². The lowest BCUT2D eigenvalue weighted by Crippen LogP contribution is -2.47. The third-order valence-corrected chi connectivity index (χ3v) is 6.68. The lowest BCUT2D eigenvalue weighted by Gasteiger charge is -2.40. The second-order valence-corrected chi connectivity index (χ2v) is 8.49. The summed E-state index contributed by atoms with van der Waals surface area (Å²) >= 11 is 0. The fourth-order valence-corrected chi connectivity index (χ4v) is 5.13. The molecule has 29 heavy (non-hydrogen) atoms. The van der Waals surface area contributed by atoms with Gasteiger partial charge in [0.1, 0.15) is 5.82 Å². The zero-order valence-electron chi connectivity index (χ0n) is 17.3. The first-order valence-electron chi connectivity index (χ1n) is 10.7. The van der Waals surface area contributed by atoms with Crippen LogP contribution in [0.1, 0.15) is 63.9 Å². The summed E-state index contributed by atoms with van der Waals surface area (Å²) in [5, 5.41) is 0. The molecule has 0 spiro atoms. The Kier molecular flexibility index (Phi) is 5.68. The van der Waals surface area contributed by atoms with Crippen molar-refractivity contribution >= 4 is 11.6 Å². The summed E-state index contributed by atoms with van der Waals surface area (Å²) in [6.07, 6.45) is 4.10. The van der Waals surface area contributed by atoms with Crippen LogP contribution in [0.4, 0.5) is 4.39 Å². The summed E-state index contributed by atoms with van der Waals surface area (Å²) < 4.78 is 13.0. The predicted octanol–water partition coefficient (Wildman–Crippen LogP) is 4.36. The lowest BCUT2D eigenvalue weighted by molar-refractivity contribution is 0.0652. The smallest absolute Gasteiger partial charge is 0.169 e. The van der Waals surface area contributed by atoms with E-state index in [-0.39, 0.29) is 17.5 Å². The molecule has 0 unspecified atom stereocenters. The molecule has 1 aromatic heterocycles. The summed E-state index contributed by atoms with van der Waals surface area (Å²) in [6.45, 7) is 6.78. The SMILES string of the molecule is CCc1c(C)[nH]c2c1C(=O)[C@@H]1CN(CCCC(=O)c3ccc(F)cc3)CC[C@H]1C2. The Balaban J connectivity index is 1.35. The number of aromatic amines is 1. The van der Waals surface area contributed by atoms with E-state index in [0.717, 1.165) is 62.3 Å². The van der Waals surface area contributed by atoms with Gasteiger partial charge in [0.15, 0.2) is 11.6 Å². The molecule has 2 atom stereocenters. The Morgan fingerprint density at radius 1 is 1.28 bits per heavy atom. The number of hydrogen-bond acceptors (Lipinski definition) is 3. The molecule has 154 valence electrons. The van der Waals surface area contributed by atoms with Crippen LogP contribution in [0.2, 0.25) is 0 Å². The maximum absolute atomic E-state index is 13.3. The zero-order chi connectivity index (χ0) is 20.5. The van der Waals surface area contributed by atoms with Crippen molar-refractivity contribution < 1.29 is 14.0 Å². The van der Waals surface area contributed by atoms with E-state index in [0.29, 0.717) is 23.7 Å². The number of aromatic nitrogens is 1. The average molecular weight is 397 g/mol. The number of carbonyl (C=O) groups is 2. The van der Waals surface area contributed by atoms with Crippen LogP contribution in [0.15, 0.2) is 24.3 Å². The van der Waals surface area contributed by atoms with E-state index in [4.69, 9.17) is 0 Å². The fraction of sp³-hybridized carbons (Fsp3) is 0.500. The van der Waals surface area contributed by atoms with Crippen LogP contribution in [0.25, 0.3) is 0 Å². The number of nitrogens with one attached hydrogen (secondary N) is 1. The highest BCUT2D eigenvalue weighted by Crippen LogP contribution is 2.38. The molecule has 1 aliphatic carbocycles. The molecule has 0 radical (unpaired) electrons. The largest absolute Gasteiger partial charge is 0.362 e. The third-order valence-electron chi connectivity index (χ3n) is 6.68. The maximum Gasteiger partial charge on any atom is 0.169 e. The summed E-state index contributed by atoms with van der Waals surface area (Å²) in [7, 11) is 0. The molecule has 1 fully saturated rings. The van der Waals surface area contributed by atoms with Gasteiger partial charge in [-0.2, -0.15) is 0 Å². The van der Waals surface area contributed by atoms with Gasteiger partial charge in [-0.25, -0.2) is 4.39 Å². The number of aryl methyl sites for hydroxylation is 1. The van der Waals surface area contributed by atoms with Crippen LogP contribution >= 0.6 is 0 Å². The van der Waals surface area contributed by atoms with E-state index in [1.807, 2.05) is 0 Å². The number of hydrogen-bond donors (Lipinski definition) is 1. The molecule has 2 aromatic rings. The highest BCUT2D eigenvalue weighted by molar-refractivity contribution is 6.02. The first-order valence-corrected chi connectivity index (χ1v) is 10.7. The molecule has 4 nitrogen and oxygen atoms in total. The predicted molar refractivity (Wildman–Crippen MR) is 111 cm³/mol. The summed E-state index contributed by atoms with van der Waals surface area (Å²) in [5.74, 6) is 0.533. The number of benzene rings is 1. The number of piperidine rings is 1. The van der Waals surface area contributed by atoms with Gasteiger partial charge in [0, 0.05) is 41.4 Å². The van der Waals surface area contributed by atoms with Gasteiger partial charge in [0.05, 0.1) is 0 Å². The second-order valence-electron chi connectivity index (χ2n) is 8.49. The molecule has 2 heterocycles. The van der Waals surface area contributed by atoms with Gasteiger partial charge in [0.2, 0.25) is 0 Å². The van der Waals surface area contributed by atoms with Gasteiger partial charge in [0.25, 0.3) is 0 Å². The van der Waals surface area contributed by atoms with Gasteiger partial charge >= 0.3 is 0 Å². The number of likely N-dealkylation sites (tertiary alicyclic amines) is 1. The van der Waals surface area contributed by atoms with Crippen molar-refractivity contribution in [1.29, 1.82) is 0 Å². The molecule has 1 N–H and O–H groups in total. The van der Waals surface area contributed by atoms with E-state index >= 15 is 0 Å². The molecule has 1 aliphatic heterocycles. The molecular weight excluding hydrogens is 367 g/mol. The molecule has 4 rings (SSSR count). The minimum absolute atomic E-state index is 0.0497. The number of ketones is 2. The molecule has 0 bridgehead atoms. The van der Waals surface area contributed by atoms with Crippen LogP contribution in [-0.2, 0) is 12.8 Å². The molecule has 1 saturated heterocycles. The van der Waals surface area contributed by atoms with Gasteiger partial charge < -0.3 is 9.88 Å². The van der Waals surface area contributed by atoms with Crippen LogP contribution < -0.4 is 0 Å². The molecule has 2 aliphatic rings. The normalized spacial score (nSPS) is 21.7. The molecule has 1 aromatic carbocycles. The van der Waals surface area contributed by atoms with Crippen molar-refractivity contribution in [3.63, 3.8) is 0 Å². The molecule has 0 amide bonds. The van der Waals surface area contributed by atoms with Crippen molar-refractivity contribution in [2.75, 3.05) is 19.6 Å². The number of carbonyl (C=O) groups excluding carboxylic acids is 2. The Hall–Kier alpha value is -2.27. The minimum atomic E-state index is -0.325. The number of halogens is 1. The number of nitrogens with zero attached hydrogens (tertiary/aromatic N) is 1. The zero-order valence-corrected chi connectivity index (χ0v) is 17.3. The summed E-state index contributed by atoms with van der Waals surface area (Å²) in [6, 6.07) is 5.75. The van der Waals surface area contributed by atoms with Gasteiger partial charge in [-0.1, -0.05) is 6.92 Å². The molecular formula is C24H29FN2O2. The summed E-state index contributed by atoms with van der Waals surface area (Å²) in [5.41, 5.74) is 4.99. The quantitative estimate of drug-likeness (QED) is 0.738. The van der Waals surface area contributed by atoms with Crippen molar-refractivity contribution in [3.05, 3.63) is 58.2 Å². The van der Waals surface area contributed by atoms with E-state index in [2.05, 4.69) is 23.7 Å². The Morgan fingerprint density at radius 3 is 2.76 bits per heavy atom. The van der Waals surface area contributed by atoms with Crippen LogP contribution in [0.5, 0.6) is 0 Å². The first kappa shape index (κ1) is 20.0. The highest BCUT2D eigenvalue weighted by atomic mass is 19.1. The van der Waals surface area contributed by atoms with Crippen molar-refractivity contribution in [3.8, 4) is 0 Å². The van der Waals surface area contributed by atoms with Crippen molar-refractivity contribution in [2.45, 2.75) is 46.0 Å². The van der Waals surface area contributed by atoms with Crippen molar-refractivity contribution in [2.24, 2.45) is 11.8 Å². The Morgan fingerprint density at radius 2 is 2.03 bits per heavy atom. The van der Waals surface area contributed by atoms with E-state index < -0.39 is 0 Å². The molecule has 5 heteroatoms. The number of Topliss-reactive ketones (excluding diaryl/α,β-unsaturated/α-hetero) is 2. The minimum Gasteiger partial charge on any atom is -0.362 e. The topological polar surface area (TPSA) is 53.2 Å². The van der Waals surface area contributed by atoms with Gasteiger partial charge in [-0.3, -0.25) is 9.59 Å². The lowest BCUT2D eigenvalue weighted by atomic mass is 9.72. The van der Waals surface area contributed by atoms with E-state index in [1.165, 1.54) is 17.7 Å². The monoisotopic (exact) mass is 396 g/mol. The Bertz CT molecular complexity index is 916. The second kappa shape index (κ2) is 8.23. The number of H-pyrrole nitrogens is 1. The van der Waals surface area contributed by atoms with Crippen LogP contribution in [-0.4, -0.2) is 41.1 Å². The van der Waals surface area contributed by atoms with Crippen molar-refractivity contribution in [1.82, 2.24) is 9.88 Å². The van der Waals surface area contributed by atoms with Gasteiger partial charge in [-0.15, -0.1) is 0 Å².